The van der Waals surface area contributed by atoms with Crippen molar-refractivity contribution in [3.8, 4) is 17.0 Å². The maximum Gasteiger partial charge on any atom is 0.339 e. The van der Waals surface area contributed by atoms with E-state index in [1.54, 1.807) is 31.4 Å². The van der Waals surface area contributed by atoms with Gasteiger partial charge < -0.3 is 14.8 Å². The lowest BCUT2D eigenvalue weighted by atomic mass is 10.0. The van der Waals surface area contributed by atoms with Crippen LogP contribution in [0, 0.1) is 5.82 Å². The number of hydrogen-bond donors (Lipinski definition) is 1. The molecule has 6 nitrogen and oxygen atoms in total. The quantitative estimate of drug-likeness (QED) is 0.424. The van der Waals surface area contributed by atoms with Gasteiger partial charge in [0.05, 0.1) is 23.9 Å². The van der Waals surface area contributed by atoms with Crippen molar-refractivity contribution < 1.29 is 23.5 Å². The van der Waals surface area contributed by atoms with E-state index >= 15 is 0 Å². The normalized spacial score (nSPS) is 10.6. The fraction of sp³-hybridized carbons (Fsp3) is 0.115. The van der Waals surface area contributed by atoms with Gasteiger partial charge in [-0.15, -0.1) is 0 Å². The van der Waals surface area contributed by atoms with Crippen molar-refractivity contribution in [3.05, 3.63) is 95.8 Å². The Hall–Kier alpha value is -4.26. The zero-order chi connectivity index (χ0) is 23.2. The average Bonchev–Trinajstić information content (AvgIpc) is 2.86. The minimum atomic E-state index is -0.625. The average molecular weight is 444 g/mol. The molecule has 4 aromatic rings. The molecule has 0 atom stereocenters. The van der Waals surface area contributed by atoms with E-state index in [0.717, 1.165) is 11.1 Å². The van der Waals surface area contributed by atoms with Crippen LogP contribution in [0.3, 0.4) is 0 Å². The monoisotopic (exact) mass is 444 g/mol. The van der Waals surface area contributed by atoms with Gasteiger partial charge in [-0.3, -0.25) is 4.79 Å². The molecule has 4 rings (SSSR count). The first kappa shape index (κ1) is 22.0. The molecule has 0 bridgehead atoms. The number of pyridine rings is 1. The molecule has 0 saturated heterocycles. The fourth-order valence-corrected chi connectivity index (χ4v) is 3.32. The number of benzene rings is 3. The van der Waals surface area contributed by atoms with Gasteiger partial charge in [-0.25, -0.2) is 14.2 Å². The molecular weight excluding hydrogens is 423 g/mol. The number of ether oxygens (including phenoxy) is 2. The third kappa shape index (κ3) is 5.33. The number of rotatable bonds is 7. The highest BCUT2D eigenvalue weighted by Crippen LogP contribution is 2.26. The number of esters is 1. The predicted molar refractivity (Wildman–Crippen MR) is 122 cm³/mol. The van der Waals surface area contributed by atoms with Crippen LogP contribution >= 0.6 is 0 Å². The lowest BCUT2D eigenvalue weighted by molar-refractivity contribution is -0.124. The Morgan fingerprint density at radius 1 is 0.970 bits per heavy atom. The summed E-state index contributed by atoms with van der Waals surface area (Å²) >= 11 is 0. The second-order valence-electron chi connectivity index (χ2n) is 7.28. The molecule has 0 fully saturated rings. The van der Waals surface area contributed by atoms with E-state index in [1.807, 2.05) is 42.5 Å². The van der Waals surface area contributed by atoms with Gasteiger partial charge in [0.2, 0.25) is 0 Å². The van der Waals surface area contributed by atoms with Crippen molar-refractivity contribution in [2.75, 3.05) is 13.7 Å². The maximum atomic E-state index is 13.0. The van der Waals surface area contributed by atoms with Gasteiger partial charge in [0.15, 0.2) is 6.61 Å². The van der Waals surface area contributed by atoms with Crippen LogP contribution in [0.4, 0.5) is 4.39 Å². The van der Waals surface area contributed by atoms with E-state index < -0.39 is 18.5 Å². The second kappa shape index (κ2) is 9.91. The molecule has 0 aliphatic rings. The van der Waals surface area contributed by atoms with Crippen LogP contribution in [0.5, 0.6) is 5.75 Å². The molecule has 1 N–H and O–H groups in total. The molecule has 166 valence electrons. The van der Waals surface area contributed by atoms with E-state index in [9.17, 15) is 14.0 Å². The molecule has 1 aromatic heterocycles. The van der Waals surface area contributed by atoms with Gasteiger partial charge in [0.25, 0.3) is 5.91 Å². The van der Waals surface area contributed by atoms with Crippen molar-refractivity contribution in [2.24, 2.45) is 0 Å². The molecule has 0 spiro atoms. The van der Waals surface area contributed by atoms with E-state index in [2.05, 4.69) is 10.3 Å². The number of nitrogens with one attached hydrogen (secondary N) is 1. The smallest absolute Gasteiger partial charge is 0.339 e. The summed E-state index contributed by atoms with van der Waals surface area (Å²) in [7, 11) is 1.59. The highest BCUT2D eigenvalue weighted by Gasteiger charge is 2.16. The maximum absolute atomic E-state index is 13.0. The minimum absolute atomic E-state index is 0.205. The van der Waals surface area contributed by atoms with E-state index in [4.69, 9.17) is 9.47 Å². The largest absolute Gasteiger partial charge is 0.497 e. The molecule has 0 aliphatic heterocycles. The van der Waals surface area contributed by atoms with E-state index in [0.29, 0.717) is 27.9 Å². The molecular formula is C26H21FN2O4. The number of fused-ring (bicyclic) bond motifs is 1. The lowest BCUT2D eigenvalue weighted by Crippen LogP contribution is -2.28. The molecule has 0 unspecified atom stereocenters. The Kier molecular flexibility index (Phi) is 6.59. The Morgan fingerprint density at radius 2 is 1.70 bits per heavy atom. The number of carbonyl (C=O) groups is 2. The molecule has 33 heavy (non-hydrogen) atoms. The summed E-state index contributed by atoms with van der Waals surface area (Å²) in [5.74, 6) is -0.717. The van der Waals surface area contributed by atoms with Gasteiger partial charge in [-0.1, -0.05) is 30.3 Å². The summed E-state index contributed by atoms with van der Waals surface area (Å²) in [5, 5.41) is 3.28. The Balaban J connectivity index is 1.49. The first-order valence-electron chi connectivity index (χ1n) is 10.3. The van der Waals surface area contributed by atoms with Gasteiger partial charge >= 0.3 is 5.97 Å². The van der Waals surface area contributed by atoms with Crippen LogP contribution in [0.15, 0.2) is 78.9 Å². The second-order valence-corrected chi connectivity index (χ2v) is 7.28. The summed E-state index contributed by atoms with van der Waals surface area (Å²) in [6, 6.07) is 22.0. The van der Waals surface area contributed by atoms with Crippen LogP contribution in [-0.2, 0) is 16.1 Å². The number of methoxy groups -OCH3 is 1. The number of para-hydroxylation sites is 1. The van der Waals surface area contributed by atoms with Crippen LogP contribution in [-0.4, -0.2) is 30.6 Å². The van der Waals surface area contributed by atoms with E-state index in [-0.39, 0.29) is 12.4 Å². The number of aromatic nitrogens is 1. The van der Waals surface area contributed by atoms with Crippen LogP contribution in [0.25, 0.3) is 22.2 Å². The number of halogens is 1. The van der Waals surface area contributed by atoms with Crippen molar-refractivity contribution in [1.29, 1.82) is 0 Å². The first-order valence-corrected chi connectivity index (χ1v) is 10.3. The zero-order valence-corrected chi connectivity index (χ0v) is 17.9. The number of nitrogens with zero attached hydrogens (tertiary/aromatic N) is 1. The summed E-state index contributed by atoms with van der Waals surface area (Å²) < 4.78 is 23.5. The molecule has 7 heteroatoms. The molecule has 0 radical (unpaired) electrons. The van der Waals surface area contributed by atoms with Crippen LogP contribution in [0.2, 0.25) is 0 Å². The van der Waals surface area contributed by atoms with Crippen LogP contribution in [0.1, 0.15) is 15.9 Å². The van der Waals surface area contributed by atoms with Gasteiger partial charge in [-0.2, -0.15) is 0 Å². The lowest BCUT2D eigenvalue weighted by Gasteiger charge is -2.11. The number of amides is 1. The molecule has 3 aromatic carbocycles. The number of hydrogen-bond acceptors (Lipinski definition) is 5. The third-order valence-corrected chi connectivity index (χ3v) is 5.06. The third-order valence-electron chi connectivity index (χ3n) is 5.06. The first-order chi connectivity index (χ1) is 16.0. The van der Waals surface area contributed by atoms with Crippen LogP contribution < -0.4 is 10.1 Å². The Morgan fingerprint density at radius 3 is 2.42 bits per heavy atom. The SMILES string of the molecule is COc1ccc(-c2cc(C(=O)OCC(=O)NCc3ccc(F)cc3)c3ccccc3n2)cc1. The Bertz CT molecular complexity index is 1290. The van der Waals surface area contributed by atoms with Crippen molar-refractivity contribution in [2.45, 2.75) is 6.54 Å². The zero-order valence-electron chi connectivity index (χ0n) is 17.9. The summed E-state index contributed by atoms with van der Waals surface area (Å²) in [5.41, 5.74) is 3.10. The van der Waals surface area contributed by atoms with Crippen molar-refractivity contribution in [3.63, 3.8) is 0 Å². The molecule has 0 saturated carbocycles. The van der Waals surface area contributed by atoms with Crippen molar-refractivity contribution >= 4 is 22.8 Å². The number of carbonyl (C=O) groups excluding carboxylic acids is 2. The van der Waals surface area contributed by atoms with Gasteiger partial charge in [0, 0.05) is 17.5 Å². The standard InChI is InChI=1S/C26H21FN2O4/c1-32-20-12-8-18(9-13-20)24-14-22(21-4-2-3-5-23(21)29-24)26(31)33-16-25(30)28-15-17-6-10-19(27)11-7-17/h2-14H,15-16H2,1H3,(H,28,30). The fourth-order valence-electron chi connectivity index (χ4n) is 3.32. The highest BCUT2D eigenvalue weighted by molar-refractivity contribution is 6.05. The van der Waals surface area contributed by atoms with Crippen molar-refractivity contribution in [1.82, 2.24) is 10.3 Å². The molecule has 0 aliphatic carbocycles. The summed E-state index contributed by atoms with van der Waals surface area (Å²) in [4.78, 5) is 29.7. The molecule has 1 amide bonds. The summed E-state index contributed by atoms with van der Waals surface area (Å²) in [6.45, 7) is -0.231. The summed E-state index contributed by atoms with van der Waals surface area (Å²) in [6.07, 6.45) is 0. The van der Waals surface area contributed by atoms with E-state index in [1.165, 1.54) is 12.1 Å². The topological polar surface area (TPSA) is 77.5 Å². The minimum Gasteiger partial charge on any atom is -0.497 e. The molecule has 1 heterocycles. The van der Waals surface area contributed by atoms with Gasteiger partial charge in [0.1, 0.15) is 11.6 Å². The predicted octanol–water partition coefficient (Wildman–Crippen LogP) is 4.52. The van der Waals surface area contributed by atoms with Gasteiger partial charge in [-0.05, 0) is 54.1 Å². The highest BCUT2D eigenvalue weighted by atomic mass is 19.1. The Labute approximate surface area is 190 Å².